The molecule has 0 aliphatic carbocycles. The number of hydrogen-bond donors (Lipinski definition) is 3. The van der Waals surface area contributed by atoms with Crippen molar-refractivity contribution >= 4 is 16.7 Å². The number of imidazole rings is 1. The Labute approximate surface area is 121 Å². The van der Waals surface area contributed by atoms with Crippen LogP contribution in [0.1, 0.15) is 24.1 Å². The molecule has 21 heavy (non-hydrogen) atoms. The van der Waals surface area contributed by atoms with Gasteiger partial charge in [0, 0.05) is 11.7 Å². The number of nitrogens with one attached hydrogen (secondary N) is 3. The standard InChI is InChI=1S/C16H16FN3O/c1-9-3-5-12(8-13(9)17)18-10(2)11-4-6-14-15(7-11)20-16(21)19-14/h3-8,10,18H,1-2H3,(H2,19,20,21). The molecule has 1 heterocycles. The van der Waals surface area contributed by atoms with Gasteiger partial charge in [-0.15, -0.1) is 0 Å². The summed E-state index contributed by atoms with van der Waals surface area (Å²) < 4.78 is 13.6. The van der Waals surface area contributed by atoms with E-state index in [1.165, 1.54) is 6.07 Å². The minimum atomic E-state index is -0.224. The summed E-state index contributed by atoms with van der Waals surface area (Å²) in [6.45, 7) is 3.72. The largest absolute Gasteiger partial charge is 0.378 e. The number of halogens is 1. The molecule has 0 radical (unpaired) electrons. The van der Waals surface area contributed by atoms with Crippen LogP contribution >= 0.6 is 0 Å². The highest BCUT2D eigenvalue weighted by Gasteiger charge is 2.08. The minimum Gasteiger partial charge on any atom is -0.378 e. The second-order valence-corrected chi connectivity index (χ2v) is 5.21. The number of aromatic nitrogens is 2. The molecule has 1 aromatic heterocycles. The molecule has 4 nitrogen and oxygen atoms in total. The summed E-state index contributed by atoms with van der Waals surface area (Å²) in [5.41, 5.74) is 3.69. The first kappa shape index (κ1) is 13.4. The van der Waals surface area contributed by atoms with Gasteiger partial charge in [-0.05, 0) is 49.2 Å². The van der Waals surface area contributed by atoms with Crippen molar-refractivity contribution in [1.29, 1.82) is 0 Å². The zero-order valence-corrected chi connectivity index (χ0v) is 11.8. The lowest BCUT2D eigenvalue weighted by molar-refractivity contribution is 0.618. The average Bonchev–Trinajstić information content (AvgIpc) is 2.82. The van der Waals surface area contributed by atoms with Gasteiger partial charge in [0.25, 0.3) is 0 Å². The monoisotopic (exact) mass is 285 g/mol. The van der Waals surface area contributed by atoms with E-state index in [-0.39, 0.29) is 17.5 Å². The molecule has 1 unspecified atom stereocenters. The Morgan fingerprint density at radius 2 is 1.86 bits per heavy atom. The summed E-state index contributed by atoms with van der Waals surface area (Å²) in [6, 6.07) is 10.8. The van der Waals surface area contributed by atoms with Crippen molar-refractivity contribution in [2.45, 2.75) is 19.9 Å². The van der Waals surface area contributed by atoms with Crippen LogP contribution in [0.25, 0.3) is 11.0 Å². The van der Waals surface area contributed by atoms with E-state index in [2.05, 4.69) is 15.3 Å². The Hall–Kier alpha value is -2.56. The Bertz CT molecular complexity index is 850. The van der Waals surface area contributed by atoms with Crippen molar-refractivity contribution in [2.24, 2.45) is 0 Å². The number of H-pyrrole nitrogens is 2. The maximum Gasteiger partial charge on any atom is 0.323 e. The number of rotatable bonds is 3. The number of aryl methyl sites for hydroxylation is 1. The molecule has 2 aromatic carbocycles. The van der Waals surface area contributed by atoms with Gasteiger partial charge in [-0.3, -0.25) is 0 Å². The van der Waals surface area contributed by atoms with E-state index < -0.39 is 0 Å². The van der Waals surface area contributed by atoms with Crippen LogP contribution < -0.4 is 11.0 Å². The van der Waals surface area contributed by atoms with Crippen LogP contribution in [-0.4, -0.2) is 9.97 Å². The molecule has 108 valence electrons. The van der Waals surface area contributed by atoms with E-state index in [1.54, 1.807) is 13.0 Å². The fraction of sp³-hybridized carbons (Fsp3) is 0.188. The molecule has 1 atom stereocenters. The van der Waals surface area contributed by atoms with Crippen LogP contribution in [0.4, 0.5) is 10.1 Å². The first-order chi connectivity index (χ1) is 10.0. The van der Waals surface area contributed by atoms with Crippen LogP contribution in [0.2, 0.25) is 0 Å². The molecule has 0 fully saturated rings. The SMILES string of the molecule is Cc1ccc(NC(C)c2ccc3[nH]c(=O)[nH]c3c2)cc1F. The Balaban J connectivity index is 1.87. The molecule has 3 rings (SSSR count). The molecule has 5 heteroatoms. The third-order valence-electron chi connectivity index (χ3n) is 3.60. The van der Waals surface area contributed by atoms with Crippen LogP contribution in [0.15, 0.2) is 41.2 Å². The summed E-state index contributed by atoms with van der Waals surface area (Å²) in [7, 11) is 0. The molecule has 0 aliphatic rings. The van der Waals surface area contributed by atoms with Crippen molar-refractivity contribution < 1.29 is 4.39 Å². The first-order valence-corrected chi connectivity index (χ1v) is 6.77. The van der Waals surface area contributed by atoms with Crippen molar-refractivity contribution in [3.8, 4) is 0 Å². The molecule has 0 saturated carbocycles. The highest BCUT2D eigenvalue weighted by atomic mass is 19.1. The van der Waals surface area contributed by atoms with E-state index in [0.717, 1.165) is 22.3 Å². The third-order valence-corrected chi connectivity index (χ3v) is 3.60. The molecule has 0 saturated heterocycles. The average molecular weight is 285 g/mol. The smallest absolute Gasteiger partial charge is 0.323 e. The van der Waals surface area contributed by atoms with Crippen LogP contribution in [0, 0.1) is 12.7 Å². The van der Waals surface area contributed by atoms with Gasteiger partial charge in [0.2, 0.25) is 0 Å². The number of fused-ring (bicyclic) bond motifs is 1. The first-order valence-electron chi connectivity index (χ1n) is 6.77. The topological polar surface area (TPSA) is 60.7 Å². The molecule has 0 bridgehead atoms. The summed E-state index contributed by atoms with van der Waals surface area (Å²) in [6.07, 6.45) is 0. The normalized spacial score (nSPS) is 12.5. The Morgan fingerprint density at radius 1 is 1.10 bits per heavy atom. The van der Waals surface area contributed by atoms with Crippen molar-refractivity contribution in [1.82, 2.24) is 9.97 Å². The highest BCUT2D eigenvalue weighted by molar-refractivity contribution is 5.75. The number of hydrogen-bond acceptors (Lipinski definition) is 2. The fourth-order valence-electron chi connectivity index (χ4n) is 2.34. The maximum atomic E-state index is 13.6. The quantitative estimate of drug-likeness (QED) is 0.690. The lowest BCUT2D eigenvalue weighted by Gasteiger charge is -2.16. The minimum absolute atomic E-state index is 0.00471. The van der Waals surface area contributed by atoms with Gasteiger partial charge in [-0.1, -0.05) is 12.1 Å². The summed E-state index contributed by atoms with van der Waals surface area (Å²) in [5, 5.41) is 3.26. The molecular weight excluding hydrogens is 269 g/mol. The summed E-state index contributed by atoms with van der Waals surface area (Å²) >= 11 is 0. The van der Waals surface area contributed by atoms with Gasteiger partial charge in [-0.25, -0.2) is 9.18 Å². The predicted octanol–water partition coefficient (Wildman–Crippen LogP) is 3.48. The van der Waals surface area contributed by atoms with Crippen molar-refractivity contribution in [3.63, 3.8) is 0 Å². The lowest BCUT2D eigenvalue weighted by Crippen LogP contribution is -2.07. The lowest BCUT2D eigenvalue weighted by atomic mass is 10.1. The Morgan fingerprint density at radius 3 is 2.62 bits per heavy atom. The van der Waals surface area contributed by atoms with Crippen LogP contribution in [0.3, 0.4) is 0 Å². The number of aromatic amines is 2. The van der Waals surface area contributed by atoms with E-state index >= 15 is 0 Å². The zero-order valence-electron chi connectivity index (χ0n) is 11.8. The predicted molar refractivity (Wildman–Crippen MR) is 82.1 cm³/mol. The van der Waals surface area contributed by atoms with Crippen molar-refractivity contribution in [3.05, 3.63) is 63.8 Å². The van der Waals surface area contributed by atoms with Gasteiger partial charge < -0.3 is 15.3 Å². The van der Waals surface area contributed by atoms with Crippen LogP contribution in [-0.2, 0) is 0 Å². The summed E-state index contributed by atoms with van der Waals surface area (Å²) in [4.78, 5) is 16.7. The fourth-order valence-corrected chi connectivity index (χ4v) is 2.34. The molecule has 3 N–H and O–H groups in total. The second kappa shape index (κ2) is 5.09. The van der Waals surface area contributed by atoms with Gasteiger partial charge in [0.1, 0.15) is 5.82 Å². The molecular formula is C16H16FN3O. The van der Waals surface area contributed by atoms with Gasteiger partial charge in [0.15, 0.2) is 0 Å². The third kappa shape index (κ3) is 2.67. The van der Waals surface area contributed by atoms with Crippen LogP contribution in [0.5, 0.6) is 0 Å². The second-order valence-electron chi connectivity index (χ2n) is 5.21. The Kier molecular flexibility index (Phi) is 3.25. The molecule has 3 aromatic rings. The van der Waals surface area contributed by atoms with E-state index in [9.17, 15) is 9.18 Å². The van der Waals surface area contributed by atoms with Crippen molar-refractivity contribution in [2.75, 3.05) is 5.32 Å². The maximum absolute atomic E-state index is 13.6. The molecule has 0 aliphatic heterocycles. The molecule has 0 amide bonds. The van der Waals surface area contributed by atoms with Gasteiger partial charge >= 0.3 is 5.69 Å². The number of anilines is 1. The van der Waals surface area contributed by atoms with E-state index in [1.807, 2.05) is 31.2 Å². The van der Waals surface area contributed by atoms with E-state index in [4.69, 9.17) is 0 Å². The van der Waals surface area contributed by atoms with Gasteiger partial charge in [-0.2, -0.15) is 0 Å². The molecule has 0 spiro atoms. The zero-order chi connectivity index (χ0) is 15.0. The number of benzene rings is 2. The van der Waals surface area contributed by atoms with Gasteiger partial charge in [0.05, 0.1) is 11.0 Å². The van der Waals surface area contributed by atoms with E-state index in [0.29, 0.717) is 5.56 Å². The summed E-state index contributed by atoms with van der Waals surface area (Å²) in [5.74, 6) is -0.224. The highest BCUT2D eigenvalue weighted by Crippen LogP contribution is 2.22.